The Morgan fingerprint density at radius 2 is 2.00 bits per heavy atom. The molecule has 0 aromatic carbocycles. The first-order valence-corrected chi connectivity index (χ1v) is 7.20. The number of rotatable bonds is 8. The van der Waals surface area contributed by atoms with E-state index in [0.717, 1.165) is 12.1 Å². The summed E-state index contributed by atoms with van der Waals surface area (Å²) < 4.78 is 25.8. The molecule has 0 heterocycles. The van der Waals surface area contributed by atoms with Crippen LogP contribution in [0.4, 0.5) is 0 Å². The van der Waals surface area contributed by atoms with Crippen LogP contribution in [0, 0.1) is 0 Å². The molecule has 0 spiro atoms. The van der Waals surface area contributed by atoms with Crippen molar-refractivity contribution in [3.8, 4) is 0 Å². The van der Waals surface area contributed by atoms with Crippen LogP contribution in [-0.4, -0.2) is 44.2 Å². The first-order chi connectivity index (χ1) is 7.36. The zero-order valence-electron chi connectivity index (χ0n) is 10.8. The fourth-order valence-corrected chi connectivity index (χ4v) is 2.99. The lowest BCUT2D eigenvalue weighted by Gasteiger charge is -2.24. The molecule has 0 fully saturated rings. The van der Waals surface area contributed by atoms with E-state index in [1.165, 1.54) is 4.31 Å². The van der Waals surface area contributed by atoms with Gasteiger partial charge in [-0.3, -0.25) is 0 Å². The average molecular weight is 248 g/mol. The molecule has 1 unspecified atom stereocenters. The molecule has 96 valence electrons. The maximum Gasteiger partial charge on any atom is 0.218 e. The van der Waals surface area contributed by atoms with Gasteiger partial charge in [-0.15, -0.1) is 0 Å². The third-order valence-corrected chi connectivity index (χ3v) is 4.64. The Bertz CT molecular complexity index is 312. The summed E-state index contributed by atoms with van der Waals surface area (Å²) >= 11 is 0. The van der Waals surface area contributed by atoms with Gasteiger partial charge in [0.1, 0.15) is 0 Å². The predicted molar refractivity (Wildman–Crippen MR) is 69.0 cm³/mol. The third kappa shape index (κ3) is 4.63. The van der Waals surface area contributed by atoms with Crippen molar-refractivity contribution < 1.29 is 8.42 Å². The third-order valence-electron chi connectivity index (χ3n) is 2.35. The van der Waals surface area contributed by atoms with Gasteiger partial charge < -0.3 is 5.32 Å². The van der Waals surface area contributed by atoms with E-state index in [9.17, 15) is 8.42 Å². The normalized spacial score (nSPS) is 14.1. The molecule has 0 aromatic rings. The summed E-state index contributed by atoms with van der Waals surface area (Å²) in [7, 11) is -3.21. The van der Waals surface area contributed by atoms with Crippen molar-refractivity contribution in [3.63, 3.8) is 0 Å². The van der Waals surface area contributed by atoms with Crippen LogP contribution in [0.3, 0.4) is 0 Å². The Balaban J connectivity index is 4.65. The van der Waals surface area contributed by atoms with E-state index < -0.39 is 15.3 Å². The van der Waals surface area contributed by atoms with Crippen LogP contribution in [-0.2, 0) is 10.0 Å². The SMILES string of the molecule is C=C(C)CN(CC)S(=O)(=O)C(C)CNCC. The minimum absolute atomic E-state index is 0.397. The van der Waals surface area contributed by atoms with Gasteiger partial charge in [0.15, 0.2) is 0 Å². The molecule has 5 heteroatoms. The standard InChI is InChI=1S/C11H24N2O2S/c1-6-12-8-11(5)16(14,15)13(7-2)9-10(3)4/h11-12H,3,6-9H2,1-2,4-5H3. The first kappa shape index (κ1) is 15.6. The maximum absolute atomic E-state index is 12.1. The van der Waals surface area contributed by atoms with Crippen LogP contribution in [0.5, 0.6) is 0 Å². The van der Waals surface area contributed by atoms with Crippen LogP contribution in [0.25, 0.3) is 0 Å². The zero-order valence-corrected chi connectivity index (χ0v) is 11.6. The topological polar surface area (TPSA) is 49.4 Å². The summed E-state index contributed by atoms with van der Waals surface area (Å²) in [5, 5.41) is 2.66. The first-order valence-electron chi connectivity index (χ1n) is 5.70. The highest BCUT2D eigenvalue weighted by Crippen LogP contribution is 2.10. The maximum atomic E-state index is 12.1. The van der Waals surface area contributed by atoms with Crippen molar-refractivity contribution in [2.45, 2.75) is 32.9 Å². The van der Waals surface area contributed by atoms with Crippen LogP contribution in [0.2, 0.25) is 0 Å². The lowest BCUT2D eigenvalue weighted by Crippen LogP contribution is -2.42. The van der Waals surface area contributed by atoms with E-state index in [1.807, 2.05) is 20.8 Å². The quantitative estimate of drug-likeness (QED) is 0.657. The van der Waals surface area contributed by atoms with Crippen molar-refractivity contribution in [1.82, 2.24) is 9.62 Å². The Labute approximate surface area is 99.8 Å². The highest BCUT2D eigenvalue weighted by Gasteiger charge is 2.26. The monoisotopic (exact) mass is 248 g/mol. The number of nitrogens with one attached hydrogen (secondary N) is 1. The van der Waals surface area contributed by atoms with Gasteiger partial charge in [-0.2, -0.15) is 4.31 Å². The van der Waals surface area contributed by atoms with Gasteiger partial charge >= 0.3 is 0 Å². The molecular formula is C11H24N2O2S. The van der Waals surface area contributed by atoms with Crippen molar-refractivity contribution in [1.29, 1.82) is 0 Å². The Kier molecular flexibility index (Phi) is 6.87. The van der Waals surface area contributed by atoms with Crippen molar-refractivity contribution >= 4 is 10.0 Å². The van der Waals surface area contributed by atoms with Crippen molar-refractivity contribution in [3.05, 3.63) is 12.2 Å². The molecule has 0 aliphatic rings. The highest BCUT2D eigenvalue weighted by molar-refractivity contribution is 7.89. The van der Waals surface area contributed by atoms with Crippen molar-refractivity contribution in [2.24, 2.45) is 0 Å². The highest BCUT2D eigenvalue weighted by atomic mass is 32.2. The Morgan fingerprint density at radius 1 is 1.44 bits per heavy atom. The molecule has 0 rings (SSSR count). The molecule has 0 saturated carbocycles. The fraction of sp³-hybridized carbons (Fsp3) is 0.818. The van der Waals surface area contributed by atoms with Crippen LogP contribution in [0.15, 0.2) is 12.2 Å². The molecule has 0 bridgehead atoms. The second kappa shape index (κ2) is 7.04. The number of sulfonamides is 1. The van der Waals surface area contributed by atoms with Crippen LogP contribution in [0.1, 0.15) is 27.7 Å². The number of hydrogen-bond donors (Lipinski definition) is 1. The van der Waals surface area contributed by atoms with Gasteiger partial charge in [0.05, 0.1) is 5.25 Å². The number of nitrogens with zero attached hydrogens (tertiary/aromatic N) is 1. The largest absolute Gasteiger partial charge is 0.316 e. The molecule has 1 atom stereocenters. The second-order valence-corrected chi connectivity index (χ2v) is 6.40. The molecule has 4 nitrogen and oxygen atoms in total. The molecular weight excluding hydrogens is 224 g/mol. The summed E-state index contributed by atoms with van der Waals surface area (Å²) in [6.45, 7) is 13.3. The molecule has 0 aliphatic heterocycles. The smallest absolute Gasteiger partial charge is 0.218 e. The van der Waals surface area contributed by atoms with Gasteiger partial charge in [-0.25, -0.2) is 8.42 Å². The molecule has 16 heavy (non-hydrogen) atoms. The van der Waals surface area contributed by atoms with Gasteiger partial charge in [-0.05, 0) is 20.4 Å². The lowest BCUT2D eigenvalue weighted by molar-refractivity contribution is 0.441. The van der Waals surface area contributed by atoms with E-state index in [4.69, 9.17) is 0 Å². The van der Waals surface area contributed by atoms with Gasteiger partial charge in [0.2, 0.25) is 10.0 Å². The summed E-state index contributed by atoms with van der Waals surface area (Å²) in [4.78, 5) is 0. The number of likely N-dealkylation sites (N-methyl/N-ethyl adjacent to an activating group) is 1. The summed E-state index contributed by atoms with van der Waals surface area (Å²) in [6.07, 6.45) is 0. The Hall–Kier alpha value is -0.390. The summed E-state index contributed by atoms with van der Waals surface area (Å²) in [5.41, 5.74) is 0.862. The molecule has 0 radical (unpaired) electrons. The average Bonchev–Trinajstić information content (AvgIpc) is 2.21. The van der Waals surface area contributed by atoms with E-state index in [2.05, 4.69) is 11.9 Å². The second-order valence-electron chi connectivity index (χ2n) is 4.05. The summed E-state index contributed by atoms with van der Waals surface area (Å²) in [6, 6.07) is 0. The van der Waals surface area contributed by atoms with E-state index >= 15 is 0 Å². The molecule has 0 aliphatic carbocycles. The fourth-order valence-electron chi connectivity index (χ4n) is 1.39. The summed E-state index contributed by atoms with van der Waals surface area (Å²) in [5.74, 6) is 0. The molecule has 0 aromatic heterocycles. The van der Waals surface area contributed by atoms with E-state index in [0.29, 0.717) is 19.6 Å². The van der Waals surface area contributed by atoms with Gasteiger partial charge in [-0.1, -0.05) is 26.0 Å². The van der Waals surface area contributed by atoms with Gasteiger partial charge in [0, 0.05) is 19.6 Å². The molecule has 0 saturated heterocycles. The predicted octanol–water partition coefficient (Wildman–Crippen LogP) is 1.21. The Morgan fingerprint density at radius 3 is 2.38 bits per heavy atom. The van der Waals surface area contributed by atoms with Crippen molar-refractivity contribution in [2.75, 3.05) is 26.2 Å². The minimum atomic E-state index is -3.21. The molecule has 1 N–H and O–H groups in total. The van der Waals surface area contributed by atoms with E-state index in [-0.39, 0.29) is 0 Å². The van der Waals surface area contributed by atoms with Crippen LogP contribution >= 0.6 is 0 Å². The van der Waals surface area contributed by atoms with E-state index in [1.54, 1.807) is 6.92 Å². The molecule has 0 amide bonds. The lowest BCUT2D eigenvalue weighted by atomic mass is 10.3. The minimum Gasteiger partial charge on any atom is -0.316 e. The van der Waals surface area contributed by atoms with Gasteiger partial charge in [0.25, 0.3) is 0 Å². The van der Waals surface area contributed by atoms with Crippen LogP contribution < -0.4 is 5.32 Å². The number of hydrogen-bond acceptors (Lipinski definition) is 3. The zero-order chi connectivity index (χ0) is 12.8.